The maximum absolute atomic E-state index is 6.37. The van der Waals surface area contributed by atoms with Crippen molar-refractivity contribution in [1.82, 2.24) is 4.57 Å². The molecule has 1 fully saturated rings. The standard InChI is InChI=1S/C14H17ClN2/c1-17-8-11(15)13-10(4-2-5-12(13)17)14(9-16)6-3-7-14/h2,4-5,8H,3,6-7,9,16H2,1H3. The van der Waals surface area contributed by atoms with Crippen molar-refractivity contribution in [3.8, 4) is 0 Å². The Labute approximate surface area is 106 Å². The molecule has 1 heterocycles. The molecule has 0 bridgehead atoms. The maximum atomic E-state index is 6.37. The van der Waals surface area contributed by atoms with Gasteiger partial charge in [0.15, 0.2) is 0 Å². The topological polar surface area (TPSA) is 30.9 Å². The molecule has 0 atom stereocenters. The second-order valence-electron chi connectivity index (χ2n) is 5.13. The molecule has 3 heteroatoms. The van der Waals surface area contributed by atoms with Gasteiger partial charge < -0.3 is 10.3 Å². The van der Waals surface area contributed by atoms with Crippen LogP contribution in [0, 0.1) is 0 Å². The van der Waals surface area contributed by atoms with E-state index in [9.17, 15) is 0 Å². The van der Waals surface area contributed by atoms with Crippen LogP contribution in [0.25, 0.3) is 10.9 Å². The largest absolute Gasteiger partial charge is 0.349 e. The van der Waals surface area contributed by atoms with Crippen molar-refractivity contribution < 1.29 is 0 Å². The molecule has 1 aromatic heterocycles. The van der Waals surface area contributed by atoms with Crippen LogP contribution in [0.15, 0.2) is 24.4 Å². The normalized spacial score (nSPS) is 18.3. The van der Waals surface area contributed by atoms with E-state index in [4.69, 9.17) is 17.3 Å². The van der Waals surface area contributed by atoms with Gasteiger partial charge in [0.2, 0.25) is 0 Å². The van der Waals surface area contributed by atoms with Crippen LogP contribution in [0.5, 0.6) is 0 Å². The fourth-order valence-electron chi connectivity index (χ4n) is 3.02. The van der Waals surface area contributed by atoms with Gasteiger partial charge in [0.25, 0.3) is 0 Å². The third-order valence-electron chi connectivity index (χ3n) is 4.24. The quantitative estimate of drug-likeness (QED) is 0.869. The highest BCUT2D eigenvalue weighted by molar-refractivity contribution is 6.36. The summed E-state index contributed by atoms with van der Waals surface area (Å²) >= 11 is 6.37. The van der Waals surface area contributed by atoms with E-state index < -0.39 is 0 Å². The Morgan fingerprint density at radius 1 is 1.41 bits per heavy atom. The van der Waals surface area contributed by atoms with Gasteiger partial charge in [0.05, 0.1) is 5.02 Å². The minimum Gasteiger partial charge on any atom is -0.349 e. The van der Waals surface area contributed by atoms with Crippen molar-refractivity contribution in [3.05, 3.63) is 35.0 Å². The summed E-state index contributed by atoms with van der Waals surface area (Å²) < 4.78 is 2.09. The van der Waals surface area contributed by atoms with Crippen molar-refractivity contribution in [3.63, 3.8) is 0 Å². The van der Waals surface area contributed by atoms with E-state index in [0.29, 0.717) is 0 Å². The number of nitrogens with two attached hydrogens (primary N) is 1. The van der Waals surface area contributed by atoms with E-state index in [2.05, 4.69) is 22.8 Å². The highest BCUT2D eigenvalue weighted by Gasteiger charge is 2.38. The number of fused-ring (bicyclic) bond motifs is 1. The average Bonchev–Trinajstić information content (AvgIpc) is 2.55. The number of hydrogen-bond acceptors (Lipinski definition) is 1. The summed E-state index contributed by atoms with van der Waals surface area (Å²) in [4.78, 5) is 0. The highest BCUT2D eigenvalue weighted by Crippen LogP contribution is 2.46. The van der Waals surface area contributed by atoms with Gasteiger partial charge in [0, 0.05) is 36.1 Å². The Balaban J connectivity index is 2.29. The number of aryl methyl sites for hydroxylation is 1. The number of benzene rings is 1. The molecule has 0 spiro atoms. The molecule has 0 amide bonds. The van der Waals surface area contributed by atoms with Crippen molar-refractivity contribution in [2.45, 2.75) is 24.7 Å². The predicted molar refractivity (Wildman–Crippen MR) is 72.5 cm³/mol. The molecule has 0 radical (unpaired) electrons. The zero-order valence-electron chi connectivity index (χ0n) is 10.0. The van der Waals surface area contributed by atoms with E-state index in [-0.39, 0.29) is 5.41 Å². The van der Waals surface area contributed by atoms with Gasteiger partial charge in [-0.2, -0.15) is 0 Å². The first-order chi connectivity index (χ1) is 8.18. The first kappa shape index (κ1) is 11.1. The molecule has 1 aromatic carbocycles. The molecule has 90 valence electrons. The van der Waals surface area contributed by atoms with Crippen LogP contribution < -0.4 is 5.73 Å². The fourth-order valence-corrected chi connectivity index (χ4v) is 3.36. The van der Waals surface area contributed by atoms with Crippen molar-refractivity contribution in [1.29, 1.82) is 0 Å². The zero-order chi connectivity index (χ0) is 12.0. The molecule has 2 N–H and O–H groups in total. The predicted octanol–water partition coefficient (Wildman–Crippen LogP) is 3.21. The van der Waals surface area contributed by atoms with Gasteiger partial charge in [-0.3, -0.25) is 0 Å². The van der Waals surface area contributed by atoms with Crippen LogP contribution in [0.1, 0.15) is 24.8 Å². The molecule has 3 rings (SSSR count). The molecule has 1 saturated carbocycles. The van der Waals surface area contributed by atoms with E-state index in [1.165, 1.54) is 35.7 Å². The second kappa shape index (κ2) is 3.76. The molecule has 2 nitrogen and oxygen atoms in total. The summed E-state index contributed by atoms with van der Waals surface area (Å²) in [6, 6.07) is 6.43. The highest BCUT2D eigenvalue weighted by atomic mass is 35.5. The van der Waals surface area contributed by atoms with Crippen LogP contribution in [-0.2, 0) is 12.5 Å². The average molecular weight is 249 g/mol. The van der Waals surface area contributed by atoms with Gasteiger partial charge in [-0.1, -0.05) is 30.2 Å². The molecule has 0 saturated heterocycles. The van der Waals surface area contributed by atoms with Crippen LogP contribution in [-0.4, -0.2) is 11.1 Å². The molecule has 0 unspecified atom stereocenters. The summed E-state index contributed by atoms with van der Waals surface area (Å²) in [5.41, 5.74) is 8.71. The maximum Gasteiger partial charge on any atom is 0.0664 e. The minimum absolute atomic E-state index is 0.171. The lowest BCUT2D eigenvalue weighted by Gasteiger charge is -2.42. The van der Waals surface area contributed by atoms with E-state index in [0.717, 1.165) is 11.6 Å². The molecule has 17 heavy (non-hydrogen) atoms. The SMILES string of the molecule is Cn1cc(Cl)c2c(C3(CN)CCC3)cccc21. The Bertz CT molecular complexity index is 561. The Kier molecular flexibility index (Phi) is 2.46. The Hall–Kier alpha value is -0.990. The number of nitrogens with zero attached hydrogens (tertiary/aromatic N) is 1. The first-order valence-corrected chi connectivity index (χ1v) is 6.50. The summed E-state index contributed by atoms with van der Waals surface area (Å²) in [6.07, 6.45) is 5.64. The van der Waals surface area contributed by atoms with Crippen LogP contribution in [0.3, 0.4) is 0 Å². The van der Waals surface area contributed by atoms with Crippen LogP contribution in [0.4, 0.5) is 0 Å². The lowest BCUT2D eigenvalue weighted by atomic mass is 9.64. The van der Waals surface area contributed by atoms with Gasteiger partial charge in [0.1, 0.15) is 0 Å². The van der Waals surface area contributed by atoms with Gasteiger partial charge in [-0.25, -0.2) is 0 Å². The number of aromatic nitrogens is 1. The third-order valence-corrected chi connectivity index (χ3v) is 4.53. The summed E-state index contributed by atoms with van der Waals surface area (Å²) in [5, 5.41) is 2.04. The Morgan fingerprint density at radius 2 is 2.18 bits per heavy atom. The van der Waals surface area contributed by atoms with Gasteiger partial charge >= 0.3 is 0 Å². The van der Waals surface area contributed by atoms with Crippen molar-refractivity contribution >= 4 is 22.5 Å². The van der Waals surface area contributed by atoms with E-state index in [1.54, 1.807) is 0 Å². The number of halogens is 1. The molecular formula is C14H17ClN2. The lowest BCUT2D eigenvalue weighted by Crippen LogP contribution is -2.41. The summed E-state index contributed by atoms with van der Waals surface area (Å²) in [6.45, 7) is 0.720. The molecule has 0 aliphatic heterocycles. The first-order valence-electron chi connectivity index (χ1n) is 6.12. The van der Waals surface area contributed by atoms with Crippen LogP contribution in [0.2, 0.25) is 5.02 Å². The van der Waals surface area contributed by atoms with E-state index in [1.807, 2.05) is 13.2 Å². The minimum atomic E-state index is 0.171. The monoisotopic (exact) mass is 248 g/mol. The fraction of sp³-hybridized carbons (Fsp3) is 0.429. The van der Waals surface area contributed by atoms with Crippen molar-refractivity contribution in [2.24, 2.45) is 12.8 Å². The third kappa shape index (κ3) is 1.44. The van der Waals surface area contributed by atoms with E-state index >= 15 is 0 Å². The zero-order valence-corrected chi connectivity index (χ0v) is 10.8. The lowest BCUT2D eigenvalue weighted by molar-refractivity contribution is 0.255. The second-order valence-corrected chi connectivity index (χ2v) is 5.53. The molecule has 2 aromatic rings. The van der Waals surface area contributed by atoms with Gasteiger partial charge in [-0.05, 0) is 24.5 Å². The number of hydrogen-bond donors (Lipinski definition) is 1. The molecule has 1 aliphatic carbocycles. The Morgan fingerprint density at radius 3 is 2.76 bits per heavy atom. The smallest absolute Gasteiger partial charge is 0.0664 e. The van der Waals surface area contributed by atoms with Crippen molar-refractivity contribution in [2.75, 3.05) is 6.54 Å². The molecular weight excluding hydrogens is 232 g/mol. The van der Waals surface area contributed by atoms with Gasteiger partial charge in [-0.15, -0.1) is 0 Å². The molecule has 1 aliphatic rings. The summed E-state index contributed by atoms with van der Waals surface area (Å²) in [5.74, 6) is 0. The van der Waals surface area contributed by atoms with Crippen LogP contribution >= 0.6 is 11.6 Å². The number of rotatable bonds is 2. The summed E-state index contributed by atoms with van der Waals surface area (Å²) in [7, 11) is 2.04.